The molecule has 2 aromatic rings. The number of aryl methyl sites for hydroxylation is 1. The predicted octanol–water partition coefficient (Wildman–Crippen LogP) is 3.27. The van der Waals surface area contributed by atoms with Crippen LogP contribution in [0, 0.1) is 5.92 Å². The molecule has 28 heavy (non-hydrogen) atoms. The van der Waals surface area contributed by atoms with Crippen LogP contribution in [0.15, 0.2) is 36.4 Å². The normalized spacial score (nSPS) is 16.6. The molecule has 0 radical (unpaired) electrons. The largest absolute Gasteiger partial charge is 0.448 e. The molecule has 0 unspecified atom stereocenters. The van der Waals surface area contributed by atoms with Crippen LogP contribution in [0.5, 0.6) is 0 Å². The molecule has 0 spiro atoms. The van der Waals surface area contributed by atoms with Gasteiger partial charge in [-0.1, -0.05) is 31.5 Å². The third-order valence-corrected chi connectivity index (χ3v) is 6.17. The number of hydrazine groups is 1. The summed E-state index contributed by atoms with van der Waals surface area (Å²) in [5, 5.41) is 0. The van der Waals surface area contributed by atoms with Crippen LogP contribution in [0.2, 0.25) is 0 Å². The highest BCUT2D eigenvalue weighted by Crippen LogP contribution is 2.33. The summed E-state index contributed by atoms with van der Waals surface area (Å²) in [5.41, 5.74) is 6.25. The molecule has 2 atom stereocenters. The fourth-order valence-electron chi connectivity index (χ4n) is 3.20. The number of hydrogen-bond donors (Lipinski definition) is 2. The second-order valence-electron chi connectivity index (χ2n) is 6.93. The van der Waals surface area contributed by atoms with Crippen LogP contribution in [0.1, 0.15) is 57.2 Å². The quantitative estimate of drug-likeness (QED) is 0.596. The van der Waals surface area contributed by atoms with Crippen LogP contribution in [-0.4, -0.2) is 23.9 Å². The van der Waals surface area contributed by atoms with Crippen LogP contribution in [0.3, 0.4) is 0 Å². The van der Waals surface area contributed by atoms with Gasteiger partial charge in [-0.25, -0.2) is 4.79 Å². The van der Waals surface area contributed by atoms with Gasteiger partial charge in [0.2, 0.25) is 0 Å². The molecule has 0 saturated heterocycles. The predicted molar refractivity (Wildman–Crippen MR) is 107 cm³/mol. The number of thiophene rings is 1. The number of ether oxygens (including phenoxy) is 1. The molecule has 1 aliphatic carbocycles. The van der Waals surface area contributed by atoms with E-state index < -0.39 is 23.9 Å². The zero-order valence-electron chi connectivity index (χ0n) is 16.0. The van der Waals surface area contributed by atoms with Gasteiger partial charge in [0.25, 0.3) is 11.8 Å². The van der Waals surface area contributed by atoms with Crippen molar-refractivity contribution in [2.24, 2.45) is 5.92 Å². The average molecular weight is 401 g/mol. The van der Waals surface area contributed by atoms with Gasteiger partial charge in [0.1, 0.15) is 4.88 Å². The first kappa shape index (κ1) is 20.1. The molecule has 6 nitrogen and oxygen atoms in total. The molecular weight excluding hydrogens is 376 g/mol. The lowest BCUT2D eigenvalue weighted by Crippen LogP contribution is -2.46. The Morgan fingerprint density at radius 1 is 1.21 bits per heavy atom. The first-order valence-corrected chi connectivity index (χ1v) is 10.3. The Balaban J connectivity index is 1.52. The van der Waals surface area contributed by atoms with Crippen LogP contribution in [-0.2, 0) is 22.4 Å². The summed E-state index contributed by atoms with van der Waals surface area (Å²) in [6, 6.07) is 10.4. The molecule has 148 valence electrons. The monoisotopic (exact) mass is 400 g/mol. The van der Waals surface area contributed by atoms with Crippen molar-refractivity contribution in [2.45, 2.75) is 45.6 Å². The molecule has 1 aromatic heterocycles. The number of hydrogen-bond acceptors (Lipinski definition) is 5. The zero-order chi connectivity index (χ0) is 20.1. The summed E-state index contributed by atoms with van der Waals surface area (Å²) in [4.78, 5) is 38.2. The minimum Gasteiger partial charge on any atom is -0.448 e. The average Bonchev–Trinajstić information content (AvgIpc) is 3.15. The van der Waals surface area contributed by atoms with Crippen LogP contribution >= 0.6 is 11.3 Å². The van der Waals surface area contributed by atoms with Crippen molar-refractivity contribution in [3.63, 3.8) is 0 Å². The molecule has 1 aliphatic rings. The summed E-state index contributed by atoms with van der Waals surface area (Å²) in [6.07, 6.45) is 3.26. The molecule has 3 rings (SSSR count). The maximum atomic E-state index is 12.4. The van der Waals surface area contributed by atoms with E-state index in [-0.39, 0.29) is 0 Å². The molecular formula is C21H24N2O4S. The maximum Gasteiger partial charge on any atom is 0.349 e. The smallest absolute Gasteiger partial charge is 0.349 e. The molecule has 0 aliphatic heterocycles. The molecule has 1 aromatic carbocycles. The van der Waals surface area contributed by atoms with E-state index in [4.69, 9.17) is 4.74 Å². The maximum absolute atomic E-state index is 12.4. The van der Waals surface area contributed by atoms with Gasteiger partial charge < -0.3 is 4.74 Å². The fraction of sp³-hybridized carbons (Fsp3) is 0.381. The number of carbonyl (C=O) groups excluding carboxylic acids is 3. The summed E-state index contributed by atoms with van der Waals surface area (Å²) in [6.45, 7) is 3.66. The number of amides is 2. The number of carbonyl (C=O) groups is 3. The SMILES string of the molecule is CC[C@H]1CCc2sc(C(=O)O[C@H](C)C(=O)NNC(=O)c3ccccc3)cc2C1. The Kier molecular flexibility index (Phi) is 6.46. The van der Waals surface area contributed by atoms with Crippen molar-refractivity contribution in [1.29, 1.82) is 0 Å². The molecule has 0 saturated carbocycles. The third kappa shape index (κ3) is 4.78. The molecule has 0 fully saturated rings. The first-order valence-electron chi connectivity index (χ1n) is 9.45. The topological polar surface area (TPSA) is 84.5 Å². The van der Waals surface area contributed by atoms with E-state index in [1.807, 2.05) is 6.07 Å². The van der Waals surface area contributed by atoms with Crippen LogP contribution < -0.4 is 10.9 Å². The van der Waals surface area contributed by atoms with E-state index in [1.165, 1.54) is 28.7 Å². The molecule has 7 heteroatoms. The van der Waals surface area contributed by atoms with E-state index in [0.29, 0.717) is 16.4 Å². The lowest BCUT2D eigenvalue weighted by Gasteiger charge is -2.19. The van der Waals surface area contributed by atoms with Gasteiger partial charge in [-0.05, 0) is 55.9 Å². The van der Waals surface area contributed by atoms with Crippen molar-refractivity contribution >= 4 is 29.1 Å². The minimum atomic E-state index is -1.02. The highest BCUT2D eigenvalue weighted by atomic mass is 32.1. The number of fused-ring (bicyclic) bond motifs is 1. The van der Waals surface area contributed by atoms with Gasteiger partial charge in [0.15, 0.2) is 6.10 Å². The summed E-state index contributed by atoms with van der Waals surface area (Å²) >= 11 is 1.45. The minimum absolute atomic E-state index is 0.419. The van der Waals surface area contributed by atoms with Crippen molar-refractivity contribution in [1.82, 2.24) is 10.9 Å². The van der Waals surface area contributed by atoms with Gasteiger partial charge in [-0.15, -0.1) is 11.3 Å². The van der Waals surface area contributed by atoms with Gasteiger partial charge in [-0.2, -0.15) is 0 Å². The second kappa shape index (κ2) is 9.01. The summed E-state index contributed by atoms with van der Waals surface area (Å²) < 4.78 is 5.28. The van der Waals surface area contributed by atoms with Crippen molar-refractivity contribution in [3.8, 4) is 0 Å². The van der Waals surface area contributed by atoms with Gasteiger partial charge in [0, 0.05) is 10.4 Å². The molecule has 0 bridgehead atoms. The number of nitrogens with one attached hydrogen (secondary N) is 2. The van der Waals surface area contributed by atoms with Gasteiger partial charge >= 0.3 is 5.97 Å². The van der Waals surface area contributed by atoms with E-state index in [0.717, 1.165) is 25.7 Å². The molecule has 2 amide bonds. The Morgan fingerprint density at radius 3 is 2.68 bits per heavy atom. The fourth-order valence-corrected chi connectivity index (χ4v) is 4.29. The van der Waals surface area contributed by atoms with E-state index in [1.54, 1.807) is 30.3 Å². The van der Waals surface area contributed by atoms with E-state index >= 15 is 0 Å². The van der Waals surface area contributed by atoms with Gasteiger partial charge in [-0.3, -0.25) is 20.4 Å². The number of rotatable bonds is 5. The highest BCUT2D eigenvalue weighted by Gasteiger charge is 2.25. The summed E-state index contributed by atoms with van der Waals surface area (Å²) in [7, 11) is 0. The third-order valence-electron chi connectivity index (χ3n) is 4.95. The van der Waals surface area contributed by atoms with E-state index in [2.05, 4.69) is 17.8 Å². The lowest BCUT2D eigenvalue weighted by atomic mass is 9.87. The summed E-state index contributed by atoms with van der Waals surface area (Å²) in [5.74, 6) is -0.873. The Labute approximate surface area is 168 Å². The number of esters is 1. The Morgan fingerprint density at radius 2 is 1.96 bits per heavy atom. The first-order chi connectivity index (χ1) is 13.5. The van der Waals surface area contributed by atoms with E-state index in [9.17, 15) is 14.4 Å². The van der Waals surface area contributed by atoms with Crippen molar-refractivity contribution < 1.29 is 19.1 Å². The Hall–Kier alpha value is -2.67. The molecule has 1 heterocycles. The van der Waals surface area contributed by atoms with Crippen LogP contribution in [0.25, 0.3) is 0 Å². The van der Waals surface area contributed by atoms with Crippen molar-refractivity contribution in [2.75, 3.05) is 0 Å². The zero-order valence-corrected chi connectivity index (χ0v) is 16.8. The number of benzene rings is 1. The highest BCUT2D eigenvalue weighted by molar-refractivity contribution is 7.14. The van der Waals surface area contributed by atoms with Gasteiger partial charge in [0.05, 0.1) is 0 Å². The Bertz CT molecular complexity index is 863. The lowest BCUT2D eigenvalue weighted by molar-refractivity contribution is -0.129. The second-order valence-corrected chi connectivity index (χ2v) is 8.07. The van der Waals surface area contributed by atoms with Crippen LogP contribution in [0.4, 0.5) is 0 Å². The van der Waals surface area contributed by atoms with Crippen molar-refractivity contribution in [3.05, 3.63) is 57.3 Å². The standard InChI is InChI=1S/C21H24N2O4S/c1-3-14-9-10-17-16(11-14)12-18(28-17)21(26)27-13(2)19(24)22-23-20(25)15-7-5-4-6-8-15/h4-8,12-14H,3,9-11H2,1-2H3,(H,22,24)(H,23,25)/t13-,14+/m1/s1. The molecule has 2 N–H and O–H groups in total.